The highest BCUT2D eigenvalue weighted by Crippen LogP contribution is 2.21. The number of hydrazone groups is 1. The van der Waals surface area contributed by atoms with Gasteiger partial charge in [-0.1, -0.05) is 18.2 Å². The Balaban J connectivity index is 1.58. The van der Waals surface area contributed by atoms with Gasteiger partial charge in [0.25, 0.3) is 0 Å². The standard InChI is InChI=1S/C23H20IN7O2/c1-33-19-10-8-18(9-11-19)27-22-28-21(26-17-5-3-2-4-6-17)29-23(30-22)31-25-14-15-13-16(24)7-12-20(15)32/h2-14,32H,1H3,(H3,26,27,28,29,30,31)/b25-14-. The summed E-state index contributed by atoms with van der Waals surface area (Å²) in [7, 11) is 1.62. The number of ether oxygens (including phenoxy) is 1. The first-order valence-corrected chi connectivity index (χ1v) is 10.9. The zero-order chi connectivity index (χ0) is 23.0. The molecule has 3 aromatic carbocycles. The first-order valence-electron chi connectivity index (χ1n) is 9.86. The number of hydrogen-bond donors (Lipinski definition) is 4. The van der Waals surface area contributed by atoms with Crippen molar-refractivity contribution in [1.29, 1.82) is 0 Å². The molecule has 33 heavy (non-hydrogen) atoms. The van der Waals surface area contributed by atoms with Gasteiger partial charge in [-0.25, -0.2) is 5.43 Å². The molecule has 0 bridgehead atoms. The highest BCUT2D eigenvalue weighted by molar-refractivity contribution is 14.1. The van der Waals surface area contributed by atoms with Gasteiger partial charge in [-0.2, -0.15) is 20.1 Å². The highest BCUT2D eigenvalue weighted by atomic mass is 127. The fourth-order valence-corrected chi connectivity index (χ4v) is 3.30. The summed E-state index contributed by atoms with van der Waals surface area (Å²) in [5.41, 5.74) is 4.99. The molecule has 0 aliphatic rings. The molecular weight excluding hydrogens is 533 g/mol. The van der Waals surface area contributed by atoms with Crippen molar-refractivity contribution in [3.8, 4) is 11.5 Å². The van der Waals surface area contributed by atoms with Crippen LogP contribution in [-0.2, 0) is 0 Å². The van der Waals surface area contributed by atoms with E-state index in [1.165, 1.54) is 6.21 Å². The van der Waals surface area contributed by atoms with Crippen molar-refractivity contribution in [3.05, 3.63) is 81.9 Å². The molecule has 9 nitrogen and oxygen atoms in total. The predicted molar refractivity (Wildman–Crippen MR) is 138 cm³/mol. The number of nitrogens with one attached hydrogen (secondary N) is 3. The van der Waals surface area contributed by atoms with Gasteiger partial charge in [-0.05, 0) is 77.2 Å². The van der Waals surface area contributed by atoms with Gasteiger partial charge in [0.05, 0.1) is 13.3 Å². The molecule has 1 heterocycles. The van der Waals surface area contributed by atoms with Crippen LogP contribution < -0.4 is 20.8 Å². The maximum absolute atomic E-state index is 9.99. The van der Waals surface area contributed by atoms with Gasteiger partial charge in [-0.3, -0.25) is 0 Å². The third-order valence-electron chi connectivity index (χ3n) is 4.37. The number of halogens is 1. The Morgan fingerprint density at radius 1 is 0.848 bits per heavy atom. The van der Waals surface area contributed by atoms with Gasteiger partial charge in [0.1, 0.15) is 11.5 Å². The van der Waals surface area contributed by atoms with Crippen LogP contribution in [0.25, 0.3) is 0 Å². The van der Waals surface area contributed by atoms with E-state index in [0.29, 0.717) is 17.5 Å². The largest absolute Gasteiger partial charge is 0.507 e. The SMILES string of the molecule is COc1ccc(Nc2nc(N/N=C\c3cc(I)ccc3O)nc(Nc3ccccc3)n2)cc1. The molecule has 0 saturated heterocycles. The summed E-state index contributed by atoms with van der Waals surface area (Å²) in [6.45, 7) is 0. The molecule has 0 fully saturated rings. The summed E-state index contributed by atoms with van der Waals surface area (Å²) in [5, 5.41) is 20.5. The second kappa shape index (κ2) is 10.6. The molecule has 0 atom stereocenters. The molecular formula is C23H20IN7O2. The Kier molecular flexibility index (Phi) is 7.15. The Hall–Kier alpha value is -3.93. The molecule has 0 amide bonds. The van der Waals surface area contributed by atoms with Gasteiger partial charge in [0, 0.05) is 20.5 Å². The minimum absolute atomic E-state index is 0.130. The van der Waals surface area contributed by atoms with Gasteiger partial charge >= 0.3 is 0 Å². The van der Waals surface area contributed by atoms with Crippen LogP contribution in [0, 0.1) is 3.57 Å². The molecule has 0 spiro atoms. The van der Waals surface area contributed by atoms with Crippen molar-refractivity contribution in [2.24, 2.45) is 5.10 Å². The van der Waals surface area contributed by atoms with Gasteiger partial charge in [0.2, 0.25) is 17.8 Å². The summed E-state index contributed by atoms with van der Waals surface area (Å²) < 4.78 is 6.18. The summed E-state index contributed by atoms with van der Waals surface area (Å²) in [5.74, 6) is 1.76. The number of aromatic hydroxyl groups is 1. The molecule has 1 aromatic heterocycles. The Morgan fingerprint density at radius 3 is 2.15 bits per heavy atom. The topological polar surface area (TPSA) is 117 Å². The molecule has 10 heteroatoms. The van der Waals surface area contributed by atoms with Crippen molar-refractivity contribution in [3.63, 3.8) is 0 Å². The summed E-state index contributed by atoms with van der Waals surface area (Å²) in [4.78, 5) is 13.2. The Bertz CT molecular complexity index is 1250. The number of phenolic OH excluding ortho intramolecular Hbond substituents is 1. The van der Waals surface area contributed by atoms with E-state index >= 15 is 0 Å². The highest BCUT2D eigenvalue weighted by Gasteiger charge is 2.08. The first-order chi connectivity index (χ1) is 16.1. The van der Waals surface area contributed by atoms with Crippen molar-refractivity contribution >= 4 is 58.0 Å². The van der Waals surface area contributed by atoms with Crippen LogP contribution in [0.1, 0.15) is 5.56 Å². The number of methoxy groups -OCH3 is 1. The van der Waals surface area contributed by atoms with Gasteiger partial charge < -0.3 is 20.5 Å². The smallest absolute Gasteiger partial charge is 0.250 e. The van der Waals surface area contributed by atoms with E-state index in [1.54, 1.807) is 13.2 Å². The van der Waals surface area contributed by atoms with E-state index in [0.717, 1.165) is 20.7 Å². The molecule has 4 aromatic rings. The van der Waals surface area contributed by atoms with E-state index in [1.807, 2.05) is 66.7 Å². The van der Waals surface area contributed by atoms with E-state index in [4.69, 9.17) is 4.74 Å². The Labute approximate surface area is 204 Å². The van der Waals surface area contributed by atoms with Crippen LogP contribution in [0.15, 0.2) is 77.9 Å². The van der Waals surface area contributed by atoms with Crippen LogP contribution in [0.4, 0.5) is 29.2 Å². The third-order valence-corrected chi connectivity index (χ3v) is 5.04. The first kappa shape index (κ1) is 22.3. The minimum Gasteiger partial charge on any atom is -0.507 e. The molecule has 4 rings (SSSR count). The van der Waals surface area contributed by atoms with Crippen molar-refractivity contribution < 1.29 is 9.84 Å². The van der Waals surface area contributed by atoms with E-state index < -0.39 is 0 Å². The van der Waals surface area contributed by atoms with Crippen molar-refractivity contribution in [1.82, 2.24) is 15.0 Å². The number of nitrogens with zero attached hydrogens (tertiary/aromatic N) is 4. The average molecular weight is 553 g/mol. The van der Waals surface area contributed by atoms with E-state index in [-0.39, 0.29) is 11.7 Å². The maximum Gasteiger partial charge on any atom is 0.250 e. The van der Waals surface area contributed by atoms with Crippen LogP contribution in [-0.4, -0.2) is 33.4 Å². The zero-order valence-electron chi connectivity index (χ0n) is 17.5. The van der Waals surface area contributed by atoms with E-state index in [2.05, 4.69) is 58.7 Å². The van der Waals surface area contributed by atoms with Crippen molar-refractivity contribution in [2.45, 2.75) is 0 Å². The lowest BCUT2D eigenvalue weighted by Crippen LogP contribution is -2.07. The summed E-state index contributed by atoms with van der Waals surface area (Å²) in [6.07, 6.45) is 1.50. The second-order valence-electron chi connectivity index (χ2n) is 6.72. The number of hydrogen-bond acceptors (Lipinski definition) is 9. The third kappa shape index (κ3) is 6.29. The maximum atomic E-state index is 9.99. The minimum atomic E-state index is 0.130. The molecule has 0 radical (unpaired) electrons. The molecule has 0 aliphatic heterocycles. The molecule has 4 N–H and O–H groups in total. The predicted octanol–water partition coefficient (Wildman–Crippen LogP) is 5.12. The van der Waals surface area contributed by atoms with Crippen molar-refractivity contribution in [2.75, 3.05) is 23.2 Å². The second-order valence-corrected chi connectivity index (χ2v) is 7.97. The lowest BCUT2D eigenvalue weighted by atomic mass is 10.2. The lowest BCUT2D eigenvalue weighted by molar-refractivity contribution is 0.415. The molecule has 0 aliphatic carbocycles. The normalized spacial score (nSPS) is 10.7. The molecule has 0 unspecified atom stereocenters. The van der Waals surface area contributed by atoms with Crippen LogP contribution in [0.2, 0.25) is 0 Å². The number of aromatic nitrogens is 3. The number of para-hydroxylation sites is 1. The summed E-state index contributed by atoms with van der Waals surface area (Å²) in [6, 6.07) is 22.2. The van der Waals surface area contributed by atoms with Crippen LogP contribution >= 0.6 is 22.6 Å². The Morgan fingerprint density at radius 2 is 1.48 bits per heavy atom. The number of rotatable bonds is 8. The van der Waals surface area contributed by atoms with Crippen LogP contribution in [0.3, 0.4) is 0 Å². The number of phenols is 1. The molecule has 166 valence electrons. The average Bonchev–Trinajstić information content (AvgIpc) is 2.82. The number of anilines is 5. The fourth-order valence-electron chi connectivity index (χ4n) is 2.78. The quantitative estimate of drug-likeness (QED) is 0.135. The summed E-state index contributed by atoms with van der Waals surface area (Å²) >= 11 is 2.17. The monoisotopic (exact) mass is 553 g/mol. The van der Waals surface area contributed by atoms with Gasteiger partial charge in [-0.15, -0.1) is 0 Å². The zero-order valence-corrected chi connectivity index (χ0v) is 19.7. The van der Waals surface area contributed by atoms with Crippen LogP contribution in [0.5, 0.6) is 11.5 Å². The lowest BCUT2D eigenvalue weighted by Gasteiger charge is -2.10. The fraction of sp³-hybridized carbons (Fsp3) is 0.0435. The number of benzene rings is 3. The van der Waals surface area contributed by atoms with Gasteiger partial charge in [0.15, 0.2) is 0 Å². The molecule has 0 saturated carbocycles. The van der Waals surface area contributed by atoms with E-state index in [9.17, 15) is 5.11 Å².